The molecule has 4 heteroatoms. The molecule has 2 amide bonds. The number of hydrogen-bond donors (Lipinski definition) is 1. The first-order valence-corrected chi connectivity index (χ1v) is 9.12. The Labute approximate surface area is 150 Å². The van der Waals surface area contributed by atoms with E-state index >= 15 is 0 Å². The average Bonchev–Trinajstić information content (AvgIpc) is 2.64. The summed E-state index contributed by atoms with van der Waals surface area (Å²) in [5.74, 6) is 0. The SMILES string of the molecule is CCCc1ccc(NC(=O)N2CCN(c3cccc(C)c3)CC2)cc1. The van der Waals surface area contributed by atoms with Crippen molar-refractivity contribution in [2.24, 2.45) is 0 Å². The predicted molar refractivity (Wildman–Crippen MR) is 104 cm³/mol. The van der Waals surface area contributed by atoms with Crippen LogP contribution in [0.2, 0.25) is 0 Å². The van der Waals surface area contributed by atoms with E-state index in [0.29, 0.717) is 0 Å². The first kappa shape index (κ1) is 17.3. The number of benzene rings is 2. The quantitative estimate of drug-likeness (QED) is 0.903. The number of carbonyl (C=O) groups is 1. The van der Waals surface area contributed by atoms with Gasteiger partial charge in [0, 0.05) is 37.6 Å². The number of amides is 2. The Bertz CT molecular complexity index is 703. The maximum Gasteiger partial charge on any atom is 0.321 e. The lowest BCUT2D eigenvalue weighted by molar-refractivity contribution is 0.208. The molecule has 4 nitrogen and oxygen atoms in total. The molecule has 0 spiro atoms. The van der Waals surface area contributed by atoms with Gasteiger partial charge in [-0.1, -0.05) is 37.6 Å². The highest BCUT2D eigenvalue weighted by atomic mass is 16.2. The van der Waals surface area contributed by atoms with Crippen LogP contribution in [0.15, 0.2) is 48.5 Å². The molecule has 0 atom stereocenters. The highest BCUT2D eigenvalue weighted by molar-refractivity contribution is 5.89. The normalized spacial score (nSPS) is 14.5. The number of hydrogen-bond acceptors (Lipinski definition) is 2. The number of anilines is 2. The number of nitrogens with zero attached hydrogens (tertiary/aromatic N) is 2. The number of urea groups is 1. The predicted octanol–water partition coefficient (Wildman–Crippen LogP) is 4.30. The second kappa shape index (κ2) is 8.06. The Hall–Kier alpha value is -2.49. The van der Waals surface area contributed by atoms with Gasteiger partial charge in [0.15, 0.2) is 0 Å². The van der Waals surface area contributed by atoms with Gasteiger partial charge in [0.2, 0.25) is 0 Å². The number of piperazine rings is 1. The summed E-state index contributed by atoms with van der Waals surface area (Å²) >= 11 is 0. The van der Waals surface area contributed by atoms with Crippen LogP contribution in [0.3, 0.4) is 0 Å². The zero-order valence-corrected chi connectivity index (χ0v) is 15.2. The zero-order valence-electron chi connectivity index (χ0n) is 15.2. The lowest BCUT2D eigenvalue weighted by Crippen LogP contribution is -2.50. The monoisotopic (exact) mass is 337 g/mol. The fourth-order valence-electron chi connectivity index (χ4n) is 3.24. The smallest absolute Gasteiger partial charge is 0.321 e. The van der Waals surface area contributed by atoms with Crippen molar-refractivity contribution in [3.05, 3.63) is 59.7 Å². The van der Waals surface area contributed by atoms with Crippen LogP contribution < -0.4 is 10.2 Å². The third-order valence-corrected chi connectivity index (χ3v) is 4.68. The van der Waals surface area contributed by atoms with Crippen LogP contribution in [0.25, 0.3) is 0 Å². The van der Waals surface area contributed by atoms with Crippen LogP contribution in [0.5, 0.6) is 0 Å². The van der Waals surface area contributed by atoms with Crippen molar-refractivity contribution in [3.8, 4) is 0 Å². The van der Waals surface area contributed by atoms with E-state index in [0.717, 1.165) is 44.7 Å². The van der Waals surface area contributed by atoms with Gasteiger partial charge in [-0.15, -0.1) is 0 Å². The molecule has 132 valence electrons. The van der Waals surface area contributed by atoms with Crippen molar-refractivity contribution in [3.63, 3.8) is 0 Å². The lowest BCUT2D eigenvalue weighted by Gasteiger charge is -2.36. The van der Waals surface area contributed by atoms with E-state index in [1.165, 1.54) is 16.8 Å². The molecule has 0 unspecified atom stereocenters. The Kier molecular flexibility index (Phi) is 5.59. The number of carbonyl (C=O) groups excluding carboxylic acids is 1. The third-order valence-electron chi connectivity index (χ3n) is 4.68. The molecule has 0 radical (unpaired) electrons. The molecule has 1 fully saturated rings. The molecule has 1 saturated heterocycles. The summed E-state index contributed by atoms with van der Waals surface area (Å²) in [6, 6.07) is 16.7. The second-order valence-corrected chi connectivity index (χ2v) is 6.69. The molecular weight excluding hydrogens is 310 g/mol. The summed E-state index contributed by atoms with van der Waals surface area (Å²) in [5.41, 5.74) is 4.69. The maximum atomic E-state index is 12.5. The largest absolute Gasteiger partial charge is 0.368 e. The van der Waals surface area contributed by atoms with Crippen molar-refractivity contribution in [2.75, 3.05) is 36.4 Å². The minimum Gasteiger partial charge on any atom is -0.368 e. The lowest BCUT2D eigenvalue weighted by atomic mass is 10.1. The molecule has 3 rings (SSSR count). The molecular formula is C21H27N3O. The molecule has 1 aliphatic rings. The average molecular weight is 337 g/mol. The Morgan fingerprint density at radius 3 is 2.40 bits per heavy atom. The van der Waals surface area contributed by atoms with Crippen LogP contribution >= 0.6 is 0 Å². The van der Waals surface area contributed by atoms with Crippen LogP contribution in [0.4, 0.5) is 16.2 Å². The highest BCUT2D eigenvalue weighted by Crippen LogP contribution is 2.18. The van der Waals surface area contributed by atoms with Crippen LogP contribution in [-0.2, 0) is 6.42 Å². The number of rotatable bonds is 4. The minimum atomic E-state index is -0.00728. The molecule has 2 aromatic carbocycles. The van der Waals surface area contributed by atoms with Gasteiger partial charge in [0.25, 0.3) is 0 Å². The molecule has 0 saturated carbocycles. The zero-order chi connectivity index (χ0) is 17.6. The van der Waals surface area contributed by atoms with E-state index in [9.17, 15) is 4.79 Å². The van der Waals surface area contributed by atoms with Crippen LogP contribution in [-0.4, -0.2) is 37.1 Å². The summed E-state index contributed by atoms with van der Waals surface area (Å²) in [5, 5.41) is 3.01. The van der Waals surface area contributed by atoms with Gasteiger partial charge in [-0.3, -0.25) is 0 Å². The molecule has 1 heterocycles. The van der Waals surface area contributed by atoms with Crippen molar-refractivity contribution in [1.82, 2.24) is 4.90 Å². The van der Waals surface area contributed by atoms with E-state index in [-0.39, 0.29) is 6.03 Å². The van der Waals surface area contributed by atoms with Gasteiger partial charge < -0.3 is 15.1 Å². The number of aryl methyl sites for hydroxylation is 2. The van der Waals surface area contributed by atoms with E-state index in [2.05, 4.69) is 60.5 Å². The van der Waals surface area contributed by atoms with Crippen molar-refractivity contribution >= 4 is 17.4 Å². The summed E-state index contributed by atoms with van der Waals surface area (Å²) in [4.78, 5) is 16.7. The molecule has 0 aliphatic carbocycles. The van der Waals surface area contributed by atoms with Crippen LogP contribution in [0, 0.1) is 6.92 Å². The van der Waals surface area contributed by atoms with Gasteiger partial charge >= 0.3 is 6.03 Å². The topological polar surface area (TPSA) is 35.6 Å². The van der Waals surface area contributed by atoms with Gasteiger partial charge in [-0.05, 0) is 48.7 Å². The summed E-state index contributed by atoms with van der Waals surface area (Å²) < 4.78 is 0. The van der Waals surface area contributed by atoms with Crippen LogP contribution in [0.1, 0.15) is 24.5 Å². The molecule has 2 aromatic rings. The molecule has 1 aliphatic heterocycles. The molecule has 0 aromatic heterocycles. The van der Waals surface area contributed by atoms with Crippen molar-refractivity contribution in [2.45, 2.75) is 26.7 Å². The van der Waals surface area contributed by atoms with Crippen molar-refractivity contribution < 1.29 is 4.79 Å². The van der Waals surface area contributed by atoms with E-state index in [1.807, 2.05) is 17.0 Å². The van der Waals surface area contributed by atoms with E-state index in [1.54, 1.807) is 0 Å². The first-order valence-electron chi connectivity index (χ1n) is 9.12. The van der Waals surface area contributed by atoms with E-state index < -0.39 is 0 Å². The molecule has 25 heavy (non-hydrogen) atoms. The Balaban J connectivity index is 1.53. The van der Waals surface area contributed by atoms with Gasteiger partial charge in [-0.25, -0.2) is 4.79 Å². The minimum absolute atomic E-state index is 0.00728. The van der Waals surface area contributed by atoms with Gasteiger partial charge in [0.05, 0.1) is 0 Å². The molecule has 1 N–H and O–H groups in total. The maximum absolute atomic E-state index is 12.5. The first-order chi connectivity index (χ1) is 12.2. The van der Waals surface area contributed by atoms with Gasteiger partial charge in [-0.2, -0.15) is 0 Å². The fraction of sp³-hybridized carbons (Fsp3) is 0.381. The fourth-order valence-corrected chi connectivity index (χ4v) is 3.24. The van der Waals surface area contributed by atoms with Crippen molar-refractivity contribution in [1.29, 1.82) is 0 Å². The number of nitrogens with one attached hydrogen (secondary N) is 1. The summed E-state index contributed by atoms with van der Waals surface area (Å²) in [6.07, 6.45) is 2.21. The Morgan fingerprint density at radius 2 is 1.76 bits per heavy atom. The third kappa shape index (κ3) is 4.53. The van der Waals surface area contributed by atoms with Gasteiger partial charge in [0.1, 0.15) is 0 Å². The second-order valence-electron chi connectivity index (χ2n) is 6.69. The van der Waals surface area contributed by atoms with E-state index in [4.69, 9.17) is 0 Å². The highest BCUT2D eigenvalue weighted by Gasteiger charge is 2.21. The standard InChI is InChI=1S/C21H27N3O/c1-3-5-18-8-10-19(11-9-18)22-21(25)24-14-12-23(13-15-24)20-7-4-6-17(2)16-20/h4,6-11,16H,3,5,12-15H2,1-2H3,(H,22,25). The summed E-state index contributed by atoms with van der Waals surface area (Å²) in [6.45, 7) is 7.51. The molecule has 0 bridgehead atoms. The Morgan fingerprint density at radius 1 is 1.04 bits per heavy atom. The summed E-state index contributed by atoms with van der Waals surface area (Å²) in [7, 11) is 0.